The Morgan fingerprint density at radius 2 is 0.957 bits per heavy atom. The van der Waals surface area contributed by atoms with Crippen LogP contribution in [0.25, 0.3) is 34.2 Å². The van der Waals surface area contributed by atoms with Crippen molar-refractivity contribution in [2.45, 2.75) is 48.0 Å². The van der Waals surface area contributed by atoms with Crippen LogP contribution in [-0.2, 0) is 19.8 Å². The number of hydrogen-bond acceptors (Lipinski definition) is 10. The number of rotatable bonds is 15. The van der Waals surface area contributed by atoms with Gasteiger partial charge in [-0.2, -0.15) is 5.10 Å². The number of nitrogens with zero attached hydrogens (tertiary/aromatic N) is 5. The van der Waals surface area contributed by atoms with E-state index in [1.165, 1.54) is 22.8 Å². The SMILES string of the molecule is C.Cc1ccccc1-n1c(-c2cc(C(=O)O)c(OCc3ccccc3)cc2OCc2ccccc2)n[nH]c1=O.Cc1ccccc1-n1c(C)nnc1-c1cc(C(=O)O)c(O)cc1OCc1ccccc1. The number of aryl methyl sites for hydroxylation is 3. The minimum absolute atomic E-state index is 0. The van der Waals surface area contributed by atoms with Crippen LogP contribution in [0.1, 0.15) is 61.8 Å². The third-order valence-electron chi connectivity index (χ3n) is 11.0. The van der Waals surface area contributed by atoms with E-state index in [0.29, 0.717) is 40.0 Å². The summed E-state index contributed by atoms with van der Waals surface area (Å²) >= 11 is 0. The number of aromatic nitrogens is 6. The van der Waals surface area contributed by atoms with Gasteiger partial charge in [0.2, 0.25) is 0 Å². The molecule has 0 aliphatic heterocycles. The first-order valence-electron chi connectivity index (χ1n) is 21.7. The van der Waals surface area contributed by atoms with Crippen LogP contribution in [0.2, 0.25) is 0 Å². The second-order valence-electron chi connectivity index (χ2n) is 15.8. The van der Waals surface area contributed by atoms with Gasteiger partial charge in [0.15, 0.2) is 11.6 Å². The number of carbonyl (C=O) groups is 2. The quantitative estimate of drug-likeness (QED) is 0.0758. The number of carboxylic acids is 2. The van der Waals surface area contributed by atoms with Gasteiger partial charge in [-0.25, -0.2) is 24.0 Å². The van der Waals surface area contributed by atoms with Gasteiger partial charge in [-0.3, -0.25) is 4.57 Å². The van der Waals surface area contributed by atoms with Crippen LogP contribution in [0, 0.1) is 20.8 Å². The molecular formula is C55H50N6O9. The summed E-state index contributed by atoms with van der Waals surface area (Å²) < 4.78 is 21.4. The van der Waals surface area contributed by atoms with Crippen LogP contribution in [0.3, 0.4) is 0 Å². The maximum absolute atomic E-state index is 12.9. The highest BCUT2D eigenvalue weighted by molar-refractivity contribution is 5.94. The van der Waals surface area contributed by atoms with E-state index in [1.807, 2.05) is 159 Å². The zero-order valence-corrected chi connectivity index (χ0v) is 37.7. The molecule has 0 unspecified atom stereocenters. The summed E-state index contributed by atoms with van der Waals surface area (Å²) in [5.41, 5.74) is 6.11. The monoisotopic (exact) mass is 938 g/mol. The molecule has 15 heteroatoms. The number of benzene rings is 7. The number of aromatic hydroxyl groups is 1. The number of aromatic carboxylic acids is 2. The summed E-state index contributed by atoms with van der Waals surface area (Å²) in [7, 11) is 0. The zero-order valence-electron chi connectivity index (χ0n) is 37.7. The van der Waals surface area contributed by atoms with Crippen molar-refractivity contribution in [3.05, 3.63) is 219 Å². The number of carboxylic acid groups (broad SMARTS) is 2. The second kappa shape index (κ2) is 22.0. The lowest BCUT2D eigenvalue weighted by Gasteiger charge is -2.17. The Morgan fingerprint density at radius 3 is 1.46 bits per heavy atom. The summed E-state index contributed by atoms with van der Waals surface area (Å²) in [6, 6.07) is 49.4. The maximum atomic E-state index is 12.9. The van der Waals surface area contributed by atoms with Crippen molar-refractivity contribution in [1.29, 1.82) is 0 Å². The minimum Gasteiger partial charge on any atom is -0.507 e. The number of hydrogen-bond donors (Lipinski definition) is 4. The van der Waals surface area contributed by atoms with Gasteiger partial charge < -0.3 is 29.5 Å². The number of para-hydroxylation sites is 2. The average Bonchev–Trinajstić information content (AvgIpc) is 3.94. The number of ether oxygens (including phenoxy) is 3. The Morgan fingerprint density at radius 1 is 0.529 bits per heavy atom. The first-order valence-corrected chi connectivity index (χ1v) is 21.7. The lowest BCUT2D eigenvalue weighted by molar-refractivity contribution is 0.0681. The second-order valence-corrected chi connectivity index (χ2v) is 15.8. The largest absolute Gasteiger partial charge is 0.507 e. The Kier molecular flexibility index (Phi) is 15.3. The van der Waals surface area contributed by atoms with Gasteiger partial charge in [-0.1, -0.05) is 135 Å². The van der Waals surface area contributed by atoms with E-state index in [-0.39, 0.29) is 55.7 Å². The molecule has 0 fully saturated rings. The highest BCUT2D eigenvalue weighted by Crippen LogP contribution is 2.39. The fourth-order valence-corrected chi connectivity index (χ4v) is 7.54. The zero-order chi connectivity index (χ0) is 48.4. The predicted octanol–water partition coefficient (Wildman–Crippen LogP) is 10.6. The molecule has 7 aromatic carbocycles. The molecule has 2 heterocycles. The van der Waals surface area contributed by atoms with Crippen LogP contribution in [0.5, 0.6) is 23.0 Å². The molecule has 0 saturated heterocycles. The van der Waals surface area contributed by atoms with Crippen molar-refractivity contribution >= 4 is 11.9 Å². The Bertz CT molecular complexity index is 3310. The first kappa shape index (κ1) is 48.7. The fraction of sp³-hybridized carbons (Fsp3) is 0.127. The van der Waals surface area contributed by atoms with Crippen LogP contribution in [-0.4, -0.2) is 56.8 Å². The minimum atomic E-state index is -1.24. The van der Waals surface area contributed by atoms with Crippen LogP contribution in [0.4, 0.5) is 0 Å². The van der Waals surface area contributed by atoms with Crippen molar-refractivity contribution in [2.75, 3.05) is 0 Å². The van der Waals surface area contributed by atoms with Gasteiger partial charge >= 0.3 is 17.6 Å². The molecule has 0 saturated carbocycles. The number of nitrogens with one attached hydrogen (secondary N) is 1. The van der Waals surface area contributed by atoms with E-state index in [2.05, 4.69) is 20.4 Å². The molecule has 0 bridgehead atoms. The smallest absolute Gasteiger partial charge is 0.348 e. The fourth-order valence-electron chi connectivity index (χ4n) is 7.54. The highest BCUT2D eigenvalue weighted by Gasteiger charge is 2.25. The van der Waals surface area contributed by atoms with Gasteiger partial charge in [0, 0.05) is 12.1 Å². The third kappa shape index (κ3) is 11.0. The van der Waals surface area contributed by atoms with E-state index in [1.54, 1.807) is 12.1 Å². The lowest BCUT2D eigenvalue weighted by atomic mass is 10.1. The van der Waals surface area contributed by atoms with Crippen LogP contribution in [0.15, 0.2) is 169 Å². The van der Waals surface area contributed by atoms with E-state index < -0.39 is 17.6 Å². The van der Waals surface area contributed by atoms with E-state index >= 15 is 0 Å². The third-order valence-corrected chi connectivity index (χ3v) is 11.0. The van der Waals surface area contributed by atoms with E-state index in [0.717, 1.165) is 33.5 Å². The molecule has 0 atom stereocenters. The van der Waals surface area contributed by atoms with Gasteiger partial charge in [-0.15, -0.1) is 10.2 Å². The Labute approximate surface area is 403 Å². The predicted molar refractivity (Wildman–Crippen MR) is 265 cm³/mol. The molecule has 0 spiro atoms. The Balaban J connectivity index is 0.000000208. The molecule has 354 valence electrons. The lowest BCUT2D eigenvalue weighted by Crippen LogP contribution is -2.17. The molecule has 0 aliphatic rings. The first-order chi connectivity index (χ1) is 33.5. The van der Waals surface area contributed by atoms with E-state index in [9.17, 15) is 29.7 Å². The van der Waals surface area contributed by atoms with Gasteiger partial charge in [0.1, 0.15) is 59.8 Å². The average molecular weight is 939 g/mol. The van der Waals surface area contributed by atoms with Gasteiger partial charge in [0.25, 0.3) is 0 Å². The summed E-state index contributed by atoms with van der Waals surface area (Å²) in [5.74, 6) is -0.711. The van der Waals surface area contributed by atoms with Crippen molar-refractivity contribution in [3.63, 3.8) is 0 Å². The van der Waals surface area contributed by atoms with Gasteiger partial charge in [0.05, 0.1) is 22.5 Å². The molecule has 4 N–H and O–H groups in total. The van der Waals surface area contributed by atoms with E-state index in [4.69, 9.17) is 14.2 Å². The van der Waals surface area contributed by atoms with Crippen molar-refractivity contribution in [3.8, 4) is 57.1 Å². The summed E-state index contributed by atoms with van der Waals surface area (Å²) in [5, 5.41) is 45.1. The summed E-state index contributed by atoms with van der Waals surface area (Å²) in [6.45, 7) is 6.33. The van der Waals surface area contributed by atoms with Crippen molar-refractivity contribution in [2.24, 2.45) is 0 Å². The van der Waals surface area contributed by atoms with Crippen LogP contribution < -0.4 is 19.9 Å². The normalized spacial score (nSPS) is 10.6. The molecule has 0 radical (unpaired) electrons. The van der Waals surface area contributed by atoms with Gasteiger partial charge in [-0.05, 0) is 72.9 Å². The van der Waals surface area contributed by atoms with Crippen molar-refractivity contribution in [1.82, 2.24) is 29.5 Å². The summed E-state index contributed by atoms with van der Waals surface area (Å²) in [6.07, 6.45) is 0. The molecule has 2 aromatic heterocycles. The molecule has 70 heavy (non-hydrogen) atoms. The molecule has 9 aromatic rings. The number of aromatic amines is 1. The number of H-pyrrole nitrogens is 1. The molecule has 0 amide bonds. The summed E-state index contributed by atoms with van der Waals surface area (Å²) in [4.78, 5) is 36.8. The highest BCUT2D eigenvalue weighted by atomic mass is 16.5. The molecule has 0 aliphatic carbocycles. The molecule has 15 nitrogen and oxygen atoms in total. The topological polar surface area (TPSA) is 204 Å². The molecule has 9 rings (SSSR count). The maximum Gasteiger partial charge on any atom is 0.348 e. The Hall–Kier alpha value is -9.24. The number of phenols is 1. The molecular weight excluding hydrogens is 889 g/mol. The standard InChI is InChI=1S/C30H25N3O5.C24H21N3O4.CH4/c1-20-10-8-9-15-25(20)33-28(31-32-30(33)36)23-16-24(29(34)35)27(38-19-22-13-6-3-7-14-22)17-26(23)37-18-21-11-4-2-5-12-21;1-15-8-6-7-11-20(15)27-16(2)25-26-23(27)19-12-18(24(29)30)21(28)13-22(19)31-14-17-9-4-3-5-10-17;/h2-17H,18-19H2,1H3,(H,32,36)(H,34,35);3-13,28H,14H2,1-2H3,(H,29,30);1H4. The van der Waals surface area contributed by atoms with Crippen molar-refractivity contribution < 1.29 is 39.1 Å². The van der Waals surface area contributed by atoms with Crippen LogP contribution >= 0.6 is 0 Å².